The number of sulfonamides is 1. The summed E-state index contributed by atoms with van der Waals surface area (Å²) in [5, 5.41) is 9.04. The fourth-order valence-electron chi connectivity index (χ4n) is 3.84. The van der Waals surface area contributed by atoms with Gasteiger partial charge in [0.1, 0.15) is 10.0 Å². The van der Waals surface area contributed by atoms with Gasteiger partial charge < -0.3 is 9.67 Å². The Morgan fingerprint density at radius 2 is 1.85 bits per heavy atom. The number of nitrogens with zero attached hydrogens (tertiary/aromatic N) is 2. The van der Waals surface area contributed by atoms with Crippen molar-refractivity contribution >= 4 is 27.5 Å². The minimum atomic E-state index is -4.19. The molecule has 0 saturated carbocycles. The van der Waals surface area contributed by atoms with Crippen LogP contribution in [0.4, 0.5) is 4.79 Å². The van der Waals surface area contributed by atoms with Gasteiger partial charge in [-0.15, -0.1) is 11.3 Å². The van der Waals surface area contributed by atoms with E-state index in [1.807, 2.05) is 37.4 Å². The zero-order valence-corrected chi connectivity index (χ0v) is 21.5. The number of nitrogens with one attached hydrogen (secondary N) is 1. The summed E-state index contributed by atoms with van der Waals surface area (Å²) in [6.45, 7) is 13.1. The van der Waals surface area contributed by atoms with Crippen molar-refractivity contribution in [1.82, 2.24) is 14.3 Å². The molecule has 0 radical (unpaired) electrons. The van der Waals surface area contributed by atoms with E-state index in [-0.39, 0.29) is 9.62 Å². The SMILES string of the molecule is Cc1c(CC(C)C)sc(S(=O)(=O)NC(=O)O)c1-c1ccc(Cn2ccnc2C(C)(C)C)cc1. The Balaban J connectivity index is 2.01. The Bertz CT molecular complexity index is 1250. The summed E-state index contributed by atoms with van der Waals surface area (Å²) in [5.41, 5.74) is 3.16. The van der Waals surface area contributed by atoms with Gasteiger partial charge in [0.05, 0.1) is 0 Å². The van der Waals surface area contributed by atoms with Gasteiger partial charge in [0.15, 0.2) is 0 Å². The largest absolute Gasteiger partial charge is 0.464 e. The summed E-state index contributed by atoms with van der Waals surface area (Å²) in [6.07, 6.45) is 2.88. The molecule has 3 rings (SSSR count). The monoisotopic (exact) mass is 489 g/mol. The predicted molar refractivity (Wildman–Crippen MR) is 131 cm³/mol. The van der Waals surface area contributed by atoms with Crippen LogP contribution < -0.4 is 4.72 Å². The third kappa shape index (κ3) is 5.65. The second-order valence-electron chi connectivity index (χ2n) is 9.65. The topological polar surface area (TPSA) is 101 Å². The van der Waals surface area contributed by atoms with E-state index in [0.29, 0.717) is 18.0 Å². The number of benzene rings is 1. The molecular formula is C24H31N3O4S2. The molecule has 0 unspecified atom stereocenters. The van der Waals surface area contributed by atoms with Crippen molar-refractivity contribution in [2.45, 2.75) is 64.1 Å². The fourth-order valence-corrected chi connectivity index (χ4v) is 6.83. The van der Waals surface area contributed by atoms with Gasteiger partial charge in [-0.05, 0) is 36.0 Å². The molecule has 0 aliphatic rings. The Morgan fingerprint density at radius 3 is 2.39 bits per heavy atom. The highest BCUT2D eigenvalue weighted by molar-refractivity contribution is 7.92. The maximum Gasteiger partial charge on any atom is 0.418 e. The van der Waals surface area contributed by atoms with Crippen LogP contribution in [-0.2, 0) is 28.4 Å². The Morgan fingerprint density at radius 1 is 1.21 bits per heavy atom. The molecule has 178 valence electrons. The summed E-state index contributed by atoms with van der Waals surface area (Å²) in [4.78, 5) is 16.5. The highest BCUT2D eigenvalue weighted by atomic mass is 32.2. The quantitative estimate of drug-likeness (QED) is 0.461. The molecule has 7 nitrogen and oxygen atoms in total. The van der Waals surface area contributed by atoms with Crippen molar-refractivity contribution in [2.75, 3.05) is 0 Å². The van der Waals surface area contributed by atoms with Crippen molar-refractivity contribution in [2.24, 2.45) is 5.92 Å². The number of hydrogen-bond donors (Lipinski definition) is 2. The van der Waals surface area contributed by atoms with Gasteiger partial charge in [0.25, 0.3) is 10.0 Å². The molecule has 0 aliphatic heterocycles. The molecular weight excluding hydrogens is 458 g/mol. The molecule has 0 fully saturated rings. The normalized spacial score (nSPS) is 12.3. The van der Waals surface area contributed by atoms with Gasteiger partial charge in [-0.1, -0.05) is 58.9 Å². The summed E-state index contributed by atoms with van der Waals surface area (Å²) >= 11 is 1.14. The number of aromatic nitrogens is 2. The number of amides is 1. The first kappa shape index (κ1) is 25.0. The lowest BCUT2D eigenvalue weighted by molar-refractivity contribution is 0.201. The van der Waals surface area contributed by atoms with Gasteiger partial charge in [-0.3, -0.25) is 0 Å². The summed E-state index contributed by atoms with van der Waals surface area (Å²) < 4.78 is 29.4. The van der Waals surface area contributed by atoms with Crippen molar-refractivity contribution in [3.63, 3.8) is 0 Å². The third-order valence-corrected chi connectivity index (χ3v) is 8.41. The lowest BCUT2D eigenvalue weighted by atomic mass is 9.95. The van der Waals surface area contributed by atoms with E-state index >= 15 is 0 Å². The lowest BCUT2D eigenvalue weighted by Crippen LogP contribution is -2.28. The molecule has 2 aromatic heterocycles. The van der Waals surface area contributed by atoms with Crippen LogP contribution in [0.3, 0.4) is 0 Å². The van der Waals surface area contributed by atoms with E-state index in [1.54, 1.807) is 10.9 Å². The maximum absolute atomic E-state index is 12.8. The van der Waals surface area contributed by atoms with Gasteiger partial charge >= 0.3 is 6.09 Å². The standard InChI is InChI=1S/C24H31N3O4S2/c1-15(2)13-19-16(3)20(21(32-19)33(30,31)26-23(28)29)18-9-7-17(8-10-18)14-27-12-11-25-22(27)24(4,5)6/h7-12,15,26H,13-14H2,1-6H3,(H,28,29). The molecule has 0 atom stereocenters. The number of imidazole rings is 1. The lowest BCUT2D eigenvalue weighted by Gasteiger charge is -2.20. The molecule has 0 bridgehead atoms. The molecule has 3 aromatic rings. The minimum absolute atomic E-state index is 0.0374. The minimum Gasteiger partial charge on any atom is -0.464 e. The van der Waals surface area contributed by atoms with Crippen LogP contribution in [0.25, 0.3) is 11.1 Å². The zero-order valence-electron chi connectivity index (χ0n) is 19.8. The molecule has 1 amide bonds. The average molecular weight is 490 g/mol. The van der Waals surface area contributed by atoms with Gasteiger partial charge in [-0.2, -0.15) is 0 Å². The third-order valence-electron chi connectivity index (χ3n) is 5.25. The van der Waals surface area contributed by atoms with E-state index in [9.17, 15) is 13.2 Å². The number of thiophene rings is 1. The van der Waals surface area contributed by atoms with Crippen LogP contribution >= 0.6 is 11.3 Å². The molecule has 33 heavy (non-hydrogen) atoms. The van der Waals surface area contributed by atoms with Crippen LogP contribution in [0, 0.1) is 12.8 Å². The first-order chi connectivity index (χ1) is 15.3. The number of carboxylic acid groups (broad SMARTS) is 1. The van der Waals surface area contributed by atoms with Crippen molar-refractivity contribution in [3.8, 4) is 11.1 Å². The predicted octanol–water partition coefficient (Wildman–Crippen LogP) is 5.42. The van der Waals surface area contributed by atoms with Crippen molar-refractivity contribution in [3.05, 3.63) is 58.5 Å². The highest BCUT2D eigenvalue weighted by Gasteiger charge is 2.28. The van der Waals surface area contributed by atoms with Crippen LogP contribution in [-0.4, -0.2) is 29.2 Å². The molecule has 0 saturated heterocycles. The van der Waals surface area contributed by atoms with Crippen molar-refractivity contribution in [1.29, 1.82) is 0 Å². The molecule has 9 heteroatoms. The molecule has 2 heterocycles. The first-order valence-electron chi connectivity index (χ1n) is 10.8. The second-order valence-corrected chi connectivity index (χ2v) is 12.6. The Labute approximate surface area is 199 Å². The van der Waals surface area contributed by atoms with Gasteiger partial charge in [0, 0.05) is 34.8 Å². The van der Waals surface area contributed by atoms with E-state index in [0.717, 1.165) is 45.1 Å². The van der Waals surface area contributed by atoms with E-state index in [4.69, 9.17) is 5.11 Å². The van der Waals surface area contributed by atoms with E-state index in [2.05, 4.69) is 44.2 Å². The van der Waals surface area contributed by atoms with E-state index < -0.39 is 16.1 Å². The number of carbonyl (C=O) groups is 1. The molecule has 0 aliphatic carbocycles. The van der Waals surface area contributed by atoms with Crippen LogP contribution in [0.5, 0.6) is 0 Å². The van der Waals surface area contributed by atoms with Crippen LogP contribution in [0.2, 0.25) is 0 Å². The molecule has 1 aromatic carbocycles. The molecule has 0 spiro atoms. The number of hydrogen-bond acceptors (Lipinski definition) is 5. The molecule has 2 N–H and O–H groups in total. The van der Waals surface area contributed by atoms with Crippen LogP contribution in [0.15, 0.2) is 40.9 Å². The second kappa shape index (κ2) is 9.30. The highest BCUT2D eigenvalue weighted by Crippen LogP contribution is 2.40. The van der Waals surface area contributed by atoms with Crippen LogP contribution in [0.1, 0.15) is 56.4 Å². The summed E-state index contributed by atoms with van der Waals surface area (Å²) in [6, 6.07) is 7.75. The summed E-state index contributed by atoms with van der Waals surface area (Å²) in [7, 11) is -4.19. The Kier molecular flexibility index (Phi) is 7.04. The van der Waals surface area contributed by atoms with Gasteiger partial charge in [-0.25, -0.2) is 22.9 Å². The average Bonchev–Trinajstić information content (AvgIpc) is 3.27. The van der Waals surface area contributed by atoms with Crippen molar-refractivity contribution < 1.29 is 18.3 Å². The summed E-state index contributed by atoms with van der Waals surface area (Å²) in [5.74, 6) is 1.33. The Hall–Kier alpha value is -2.65. The maximum atomic E-state index is 12.8. The first-order valence-corrected chi connectivity index (χ1v) is 13.1. The van der Waals surface area contributed by atoms with Gasteiger partial charge in [0.2, 0.25) is 0 Å². The fraction of sp³-hybridized carbons (Fsp3) is 0.417. The number of rotatable bonds is 7. The van der Waals surface area contributed by atoms with E-state index in [1.165, 1.54) is 0 Å². The zero-order chi connectivity index (χ0) is 24.6. The smallest absolute Gasteiger partial charge is 0.418 e.